The van der Waals surface area contributed by atoms with Crippen molar-refractivity contribution in [3.63, 3.8) is 0 Å². The molecule has 4 nitrogen and oxygen atoms in total. The van der Waals surface area contributed by atoms with E-state index < -0.39 is 0 Å². The molecule has 4 heteroatoms. The molecule has 0 unspecified atom stereocenters. The van der Waals surface area contributed by atoms with Gasteiger partial charge in [-0.05, 0) is 37.6 Å². The molecular weight excluding hydrogens is 190 g/mol. The van der Waals surface area contributed by atoms with Crippen LogP contribution in [0, 0.1) is 5.41 Å². The number of carbonyl (C=O) groups is 1. The third-order valence-electron chi connectivity index (χ3n) is 3.89. The quantitative estimate of drug-likeness (QED) is 0.622. The Hall–Kier alpha value is -0.770. The smallest absolute Gasteiger partial charge is 0.317 e. The number of nitrogens with zero attached hydrogens (tertiary/aromatic N) is 1. The van der Waals surface area contributed by atoms with E-state index in [1.807, 2.05) is 4.90 Å². The summed E-state index contributed by atoms with van der Waals surface area (Å²) in [4.78, 5) is 13.4. The van der Waals surface area contributed by atoms with Crippen LogP contribution in [0.25, 0.3) is 0 Å². The van der Waals surface area contributed by atoms with Crippen molar-refractivity contribution in [1.29, 1.82) is 0 Å². The molecule has 2 rings (SSSR count). The van der Waals surface area contributed by atoms with Crippen LogP contribution in [0.4, 0.5) is 4.79 Å². The van der Waals surface area contributed by atoms with Gasteiger partial charge in [0.1, 0.15) is 0 Å². The summed E-state index contributed by atoms with van der Waals surface area (Å²) in [6.07, 6.45) is 4.95. The minimum atomic E-state index is 0.0774. The number of urea groups is 1. The number of hydrogen-bond acceptors (Lipinski definition) is 2. The van der Waals surface area contributed by atoms with E-state index >= 15 is 0 Å². The van der Waals surface area contributed by atoms with E-state index in [0.717, 1.165) is 32.5 Å². The zero-order valence-corrected chi connectivity index (χ0v) is 9.51. The first-order chi connectivity index (χ1) is 7.26. The molecule has 86 valence electrons. The fourth-order valence-corrected chi connectivity index (χ4v) is 2.80. The first-order valence-corrected chi connectivity index (χ1v) is 5.93. The molecule has 0 saturated carbocycles. The Bertz CT molecular complexity index is 226. The van der Waals surface area contributed by atoms with Crippen molar-refractivity contribution >= 4 is 6.03 Å². The molecule has 2 fully saturated rings. The van der Waals surface area contributed by atoms with Crippen molar-refractivity contribution in [3.8, 4) is 0 Å². The van der Waals surface area contributed by atoms with E-state index in [2.05, 4.69) is 10.6 Å². The summed E-state index contributed by atoms with van der Waals surface area (Å²) in [5.41, 5.74) is 0.489. The highest BCUT2D eigenvalue weighted by Crippen LogP contribution is 2.37. The summed E-state index contributed by atoms with van der Waals surface area (Å²) < 4.78 is 0. The van der Waals surface area contributed by atoms with Gasteiger partial charge in [-0.2, -0.15) is 0 Å². The van der Waals surface area contributed by atoms with E-state index in [-0.39, 0.29) is 6.03 Å². The lowest BCUT2D eigenvalue weighted by molar-refractivity contribution is 0.0929. The zero-order valence-electron chi connectivity index (χ0n) is 9.51. The van der Waals surface area contributed by atoms with Crippen LogP contribution >= 0.6 is 0 Å². The maximum atomic E-state index is 11.4. The average Bonchev–Trinajstić information content (AvgIpc) is 2.30. The molecule has 2 heterocycles. The van der Waals surface area contributed by atoms with Gasteiger partial charge < -0.3 is 15.5 Å². The summed E-state index contributed by atoms with van der Waals surface area (Å²) in [7, 11) is 1.70. The van der Waals surface area contributed by atoms with Crippen LogP contribution in [0.5, 0.6) is 0 Å². The second-order valence-electron chi connectivity index (χ2n) is 4.82. The van der Waals surface area contributed by atoms with Crippen molar-refractivity contribution in [2.75, 3.05) is 33.2 Å². The van der Waals surface area contributed by atoms with Crippen LogP contribution in [-0.4, -0.2) is 44.2 Å². The van der Waals surface area contributed by atoms with Crippen molar-refractivity contribution in [2.24, 2.45) is 5.41 Å². The van der Waals surface area contributed by atoms with E-state index in [4.69, 9.17) is 0 Å². The molecule has 0 aromatic carbocycles. The summed E-state index contributed by atoms with van der Waals surface area (Å²) in [5, 5.41) is 6.18. The Kier molecular flexibility index (Phi) is 3.14. The standard InChI is InChI=1S/C11H21N3O/c1-12-10(15)14-7-4-11(5-8-14)3-2-6-13-9-11/h13H,2-9H2,1H3,(H,12,15). The molecule has 2 aliphatic heterocycles. The summed E-state index contributed by atoms with van der Waals surface area (Å²) in [6.45, 7) is 4.15. The lowest BCUT2D eigenvalue weighted by Crippen LogP contribution is -2.51. The molecule has 0 atom stereocenters. The third-order valence-corrected chi connectivity index (χ3v) is 3.89. The van der Waals surface area contributed by atoms with Crippen molar-refractivity contribution in [3.05, 3.63) is 0 Å². The number of piperidine rings is 2. The predicted molar refractivity (Wildman–Crippen MR) is 59.8 cm³/mol. The van der Waals surface area contributed by atoms with Gasteiger partial charge in [0, 0.05) is 26.7 Å². The molecule has 15 heavy (non-hydrogen) atoms. The Morgan fingerprint density at radius 3 is 2.60 bits per heavy atom. The first-order valence-electron chi connectivity index (χ1n) is 5.93. The minimum Gasteiger partial charge on any atom is -0.341 e. The minimum absolute atomic E-state index is 0.0774. The van der Waals surface area contributed by atoms with Gasteiger partial charge in [-0.15, -0.1) is 0 Å². The van der Waals surface area contributed by atoms with Crippen LogP contribution in [0.3, 0.4) is 0 Å². The summed E-state index contributed by atoms with van der Waals surface area (Å²) in [6, 6.07) is 0.0774. The summed E-state index contributed by atoms with van der Waals surface area (Å²) >= 11 is 0. The maximum absolute atomic E-state index is 11.4. The molecule has 2 aliphatic rings. The van der Waals surface area contributed by atoms with E-state index in [0.29, 0.717) is 5.41 Å². The van der Waals surface area contributed by atoms with Crippen molar-refractivity contribution in [2.45, 2.75) is 25.7 Å². The monoisotopic (exact) mass is 211 g/mol. The molecule has 0 radical (unpaired) electrons. The molecule has 0 aromatic rings. The molecule has 1 spiro atoms. The van der Waals surface area contributed by atoms with Gasteiger partial charge in [0.25, 0.3) is 0 Å². The second-order valence-corrected chi connectivity index (χ2v) is 4.82. The predicted octanol–water partition coefficient (Wildman–Crippen LogP) is 0.791. The first kappa shape index (κ1) is 10.7. The van der Waals surface area contributed by atoms with Crippen molar-refractivity contribution in [1.82, 2.24) is 15.5 Å². The fraction of sp³-hybridized carbons (Fsp3) is 0.909. The highest BCUT2D eigenvalue weighted by atomic mass is 16.2. The Morgan fingerprint density at radius 1 is 1.33 bits per heavy atom. The molecule has 0 bridgehead atoms. The van der Waals surface area contributed by atoms with Crippen LogP contribution in [0.2, 0.25) is 0 Å². The van der Waals surface area contributed by atoms with Gasteiger partial charge >= 0.3 is 6.03 Å². The highest BCUT2D eigenvalue weighted by Gasteiger charge is 2.36. The maximum Gasteiger partial charge on any atom is 0.317 e. The average molecular weight is 211 g/mol. The number of hydrogen-bond donors (Lipinski definition) is 2. The van der Waals surface area contributed by atoms with Crippen LogP contribution in [0.15, 0.2) is 0 Å². The van der Waals surface area contributed by atoms with Crippen LogP contribution < -0.4 is 10.6 Å². The molecule has 2 N–H and O–H groups in total. The van der Waals surface area contributed by atoms with E-state index in [9.17, 15) is 4.79 Å². The Labute approximate surface area is 91.4 Å². The molecule has 0 aromatic heterocycles. The molecule has 2 saturated heterocycles. The normalized spacial score (nSPS) is 25.3. The largest absolute Gasteiger partial charge is 0.341 e. The summed E-state index contributed by atoms with van der Waals surface area (Å²) in [5.74, 6) is 0. The van der Waals surface area contributed by atoms with E-state index in [1.54, 1.807) is 7.05 Å². The molecular formula is C11H21N3O. The van der Waals surface area contributed by atoms with Gasteiger partial charge in [-0.1, -0.05) is 0 Å². The number of rotatable bonds is 0. The molecule has 2 amide bonds. The van der Waals surface area contributed by atoms with Gasteiger partial charge in [0.05, 0.1) is 0 Å². The second kappa shape index (κ2) is 4.39. The number of nitrogens with one attached hydrogen (secondary N) is 2. The van der Waals surface area contributed by atoms with Gasteiger partial charge in [0.15, 0.2) is 0 Å². The fourth-order valence-electron chi connectivity index (χ4n) is 2.80. The Balaban J connectivity index is 1.88. The van der Waals surface area contributed by atoms with Crippen molar-refractivity contribution < 1.29 is 4.79 Å². The van der Waals surface area contributed by atoms with Crippen LogP contribution in [0.1, 0.15) is 25.7 Å². The lowest BCUT2D eigenvalue weighted by atomic mass is 9.73. The number of amides is 2. The number of carbonyl (C=O) groups excluding carboxylic acids is 1. The number of likely N-dealkylation sites (tertiary alicyclic amines) is 1. The lowest BCUT2D eigenvalue weighted by Gasteiger charge is -2.44. The highest BCUT2D eigenvalue weighted by molar-refractivity contribution is 5.73. The Morgan fingerprint density at radius 2 is 2.07 bits per heavy atom. The topological polar surface area (TPSA) is 44.4 Å². The van der Waals surface area contributed by atoms with Gasteiger partial charge in [-0.25, -0.2) is 4.79 Å². The third kappa shape index (κ3) is 2.25. The van der Waals surface area contributed by atoms with Gasteiger partial charge in [0.2, 0.25) is 0 Å². The van der Waals surface area contributed by atoms with Gasteiger partial charge in [-0.3, -0.25) is 0 Å². The van der Waals surface area contributed by atoms with Crippen LogP contribution in [-0.2, 0) is 0 Å². The SMILES string of the molecule is CNC(=O)N1CCC2(CCCNC2)CC1. The zero-order chi connectivity index (χ0) is 10.7. The molecule has 0 aliphatic carbocycles. The van der Waals surface area contributed by atoms with E-state index in [1.165, 1.54) is 19.4 Å².